The van der Waals surface area contributed by atoms with E-state index in [1.807, 2.05) is 27.7 Å². The lowest BCUT2D eigenvalue weighted by Crippen LogP contribution is -2.36. The number of H-pyrrole nitrogens is 1. The van der Waals surface area contributed by atoms with Crippen LogP contribution in [0.25, 0.3) is 11.0 Å². The van der Waals surface area contributed by atoms with Crippen LogP contribution in [0.2, 0.25) is 0 Å². The highest BCUT2D eigenvalue weighted by atomic mass is 16.2. The van der Waals surface area contributed by atoms with Crippen LogP contribution in [0.4, 0.5) is 0 Å². The summed E-state index contributed by atoms with van der Waals surface area (Å²) in [7, 11) is 0. The van der Waals surface area contributed by atoms with Crippen molar-refractivity contribution in [2.45, 2.75) is 53.5 Å². The molecular weight excluding hydrogens is 358 g/mol. The number of nitrogens with one attached hydrogen (secondary N) is 3. The lowest BCUT2D eigenvalue weighted by Gasteiger charge is -2.16. The van der Waals surface area contributed by atoms with E-state index in [1.54, 1.807) is 6.07 Å². The lowest BCUT2D eigenvalue weighted by atomic mass is 10.0. The molecule has 0 atom stereocenters. The first-order valence-corrected chi connectivity index (χ1v) is 9.92. The van der Waals surface area contributed by atoms with E-state index in [9.17, 15) is 14.4 Å². The summed E-state index contributed by atoms with van der Waals surface area (Å²) < 4.78 is 1.45. The minimum atomic E-state index is -0.586. The van der Waals surface area contributed by atoms with Gasteiger partial charge in [0.15, 0.2) is 5.65 Å². The number of fused-ring (bicyclic) bond motifs is 1. The summed E-state index contributed by atoms with van der Waals surface area (Å²) in [6, 6.07) is 1.65. The van der Waals surface area contributed by atoms with Crippen molar-refractivity contribution in [3.63, 3.8) is 0 Å². The zero-order valence-electron chi connectivity index (χ0n) is 17.4. The Labute approximate surface area is 164 Å². The van der Waals surface area contributed by atoms with Crippen molar-refractivity contribution >= 4 is 16.9 Å². The fraction of sp³-hybridized carbons (Fsp3) is 0.600. The highest BCUT2D eigenvalue weighted by Crippen LogP contribution is 2.20. The van der Waals surface area contributed by atoms with Crippen molar-refractivity contribution in [1.82, 2.24) is 25.2 Å². The number of rotatable bonds is 9. The van der Waals surface area contributed by atoms with Crippen LogP contribution in [0.3, 0.4) is 0 Å². The summed E-state index contributed by atoms with van der Waals surface area (Å²) in [6.45, 7) is 12.3. The molecule has 154 valence electrons. The van der Waals surface area contributed by atoms with Crippen molar-refractivity contribution in [3.8, 4) is 0 Å². The third-order valence-electron chi connectivity index (χ3n) is 4.37. The predicted octanol–water partition coefficient (Wildman–Crippen LogP) is 1.59. The van der Waals surface area contributed by atoms with Crippen LogP contribution >= 0.6 is 0 Å². The molecule has 0 fully saturated rings. The van der Waals surface area contributed by atoms with Crippen LogP contribution in [-0.2, 0) is 6.54 Å². The second kappa shape index (κ2) is 9.64. The van der Waals surface area contributed by atoms with Gasteiger partial charge in [0.2, 0.25) is 0 Å². The average Bonchev–Trinajstić information content (AvgIpc) is 2.63. The standard InChI is InChI=1S/C20H31N5O3/c1-6-7-21-8-9-22-18(26)14-10-15(13(4)5)23-17-16(14)19(27)24-20(28)25(17)11-12(2)3/h10,12-13,21H,6-9,11H2,1-5H3,(H,22,26)(H,24,27,28). The zero-order valence-corrected chi connectivity index (χ0v) is 17.4. The molecule has 0 aliphatic heterocycles. The molecule has 0 spiro atoms. The van der Waals surface area contributed by atoms with Gasteiger partial charge in [-0.3, -0.25) is 19.1 Å². The molecule has 0 aliphatic carbocycles. The van der Waals surface area contributed by atoms with Crippen LogP contribution < -0.4 is 21.9 Å². The molecule has 28 heavy (non-hydrogen) atoms. The van der Waals surface area contributed by atoms with Crippen molar-refractivity contribution in [2.75, 3.05) is 19.6 Å². The Hall–Kier alpha value is -2.48. The number of aromatic amines is 1. The maximum absolute atomic E-state index is 12.8. The molecule has 0 bridgehead atoms. The van der Waals surface area contributed by atoms with Gasteiger partial charge in [0, 0.05) is 25.3 Å². The molecule has 0 radical (unpaired) electrons. The smallest absolute Gasteiger partial charge is 0.330 e. The number of carbonyl (C=O) groups excluding carboxylic acids is 1. The summed E-state index contributed by atoms with van der Waals surface area (Å²) in [6.07, 6.45) is 1.02. The first-order valence-electron chi connectivity index (χ1n) is 9.92. The predicted molar refractivity (Wildman–Crippen MR) is 111 cm³/mol. The fourth-order valence-electron chi connectivity index (χ4n) is 2.96. The number of carbonyl (C=O) groups is 1. The van der Waals surface area contributed by atoms with Crippen LogP contribution in [0.15, 0.2) is 15.7 Å². The SMILES string of the molecule is CCCNCCNC(=O)c1cc(C(C)C)nc2c1c(=O)[nH]c(=O)n2CC(C)C. The van der Waals surface area contributed by atoms with E-state index in [4.69, 9.17) is 0 Å². The average molecular weight is 390 g/mol. The molecule has 0 unspecified atom stereocenters. The van der Waals surface area contributed by atoms with Gasteiger partial charge in [-0.15, -0.1) is 0 Å². The lowest BCUT2D eigenvalue weighted by molar-refractivity contribution is 0.0955. The first-order chi connectivity index (χ1) is 13.3. The van der Waals surface area contributed by atoms with Gasteiger partial charge in [-0.1, -0.05) is 34.6 Å². The maximum atomic E-state index is 12.8. The van der Waals surface area contributed by atoms with Crippen molar-refractivity contribution in [3.05, 3.63) is 38.2 Å². The van der Waals surface area contributed by atoms with Crippen LogP contribution in [-0.4, -0.2) is 40.1 Å². The van der Waals surface area contributed by atoms with Crippen molar-refractivity contribution in [2.24, 2.45) is 5.92 Å². The van der Waals surface area contributed by atoms with E-state index < -0.39 is 11.2 Å². The molecule has 3 N–H and O–H groups in total. The molecule has 1 amide bonds. The molecule has 8 heteroatoms. The highest BCUT2D eigenvalue weighted by molar-refractivity contribution is 6.05. The van der Waals surface area contributed by atoms with Gasteiger partial charge >= 0.3 is 5.69 Å². The molecule has 0 aliphatic rings. The van der Waals surface area contributed by atoms with Crippen molar-refractivity contribution < 1.29 is 4.79 Å². The number of nitrogens with zero attached hydrogens (tertiary/aromatic N) is 2. The van der Waals surface area contributed by atoms with Gasteiger partial charge in [-0.2, -0.15) is 0 Å². The summed E-state index contributed by atoms with van der Waals surface area (Å²) in [5.41, 5.74) is 0.0990. The van der Waals surface area contributed by atoms with Gasteiger partial charge in [-0.05, 0) is 30.9 Å². The first kappa shape index (κ1) is 21.8. The maximum Gasteiger partial charge on any atom is 0.330 e. The Morgan fingerprint density at radius 3 is 2.50 bits per heavy atom. The highest BCUT2D eigenvalue weighted by Gasteiger charge is 2.20. The number of hydrogen-bond donors (Lipinski definition) is 3. The summed E-state index contributed by atoms with van der Waals surface area (Å²) in [4.78, 5) is 44.7. The van der Waals surface area contributed by atoms with Gasteiger partial charge in [0.25, 0.3) is 11.5 Å². The Kier molecular flexibility index (Phi) is 7.51. The third-order valence-corrected chi connectivity index (χ3v) is 4.37. The van der Waals surface area contributed by atoms with E-state index in [0.717, 1.165) is 13.0 Å². The molecule has 2 aromatic rings. The minimum absolute atomic E-state index is 0.0454. The summed E-state index contributed by atoms with van der Waals surface area (Å²) in [5.74, 6) is -0.116. The van der Waals surface area contributed by atoms with E-state index in [2.05, 4.69) is 27.5 Å². The van der Waals surface area contributed by atoms with Gasteiger partial charge < -0.3 is 10.6 Å². The topological polar surface area (TPSA) is 109 Å². The number of hydrogen-bond acceptors (Lipinski definition) is 5. The van der Waals surface area contributed by atoms with Crippen LogP contribution in [0.1, 0.15) is 63.0 Å². The second-order valence-electron chi connectivity index (χ2n) is 7.72. The van der Waals surface area contributed by atoms with E-state index >= 15 is 0 Å². The Balaban J connectivity index is 2.56. The molecular formula is C20H31N5O3. The van der Waals surface area contributed by atoms with E-state index in [1.165, 1.54) is 4.57 Å². The number of amides is 1. The quantitative estimate of drug-likeness (QED) is 0.565. The monoisotopic (exact) mass is 389 g/mol. The van der Waals surface area contributed by atoms with E-state index in [0.29, 0.717) is 25.3 Å². The van der Waals surface area contributed by atoms with Crippen molar-refractivity contribution in [1.29, 1.82) is 0 Å². The normalized spacial score (nSPS) is 11.5. The molecule has 2 heterocycles. The largest absolute Gasteiger partial charge is 0.351 e. The fourth-order valence-corrected chi connectivity index (χ4v) is 2.96. The minimum Gasteiger partial charge on any atom is -0.351 e. The number of aromatic nitrogens is 3. The van der Waals surface area contributed by atoms with Crippen LogP contribution in [0.5, 0.6) is 0 Å². The van der Waals surface area contributed by atoms with E-state index in [-0.39, 0.29) is 34.3 Å². The molecule has 2 aromatic heterocycles. The molecule has 0 saturated carbocycles. The second-order valence-corrected chi connectivity index (χ2v) is 7.72. The Morgan fingerprint density at radius 1 is 1.18 bits per heavy atom. The zero-order chi connectivity index (χ0) is 20.8. The number of pyridine rings is 1. The molecule has 0 aromatic carbocycles. The Morgan fingerprint density at radius 2 is 1.89 bits per heavy atom. The summed E-state index contributed by atoms with van der Waals surface area (Å²) >= 11 is 0. The van der Waals surface area contributed by atoms with Gasteiger partial charge in [-0.25, -0.2) is 9.78 Å². The molecule has 2 rings (SSSR count). The van der Waals surface area contributed by atoms with Gasteiger partial charge in [0.05, 0.1) is 10.9 Å². The summed E-state index contributed by atoms with van der Waals surface area (Å²) in [5, 5.41) is 6.22. The van der Waals surface area contributed by atoms with Gasteiger partial charge in [0.1, 0.15) is 0 Å². The molecule has 8 nitrogen and oxygen atoms in total. The third kappa shape index (κ3) is 5.07. The van der Waals surface area contributed by atoms with Crippen LogP contribution in [0, 0.1) is 5.92 Å². The molecule has 0 saturated heterocycles. The Bertz CT molecular complexity index is 943.